The molecule has 0 unspecified atom stereocenters. The number of nitrogens with one attached hydrogen (secondary N) is 1. The molecule has 6 heteroatoms. The number of halogens is 1. The first-order valence-corrected chi connectivity index (χ1v) is 7.09. The number of amides is 2. The van der Waals surface area contributed by atoms with Crippen molar-refractivity contribution in [3.8, 4) is 0 Å². The minimum atomic E-state index is -0.477. The number of benzene rings is 1. The maximum absolute atomic E-state index is 11.8. The largest absolute Gasteiger partial charge is 0.366 e. The summed E-state index contributed by atoms with van der Waals surface area (Å²) in [7, 11) is 0. The van der Waals surface area contributed by atoms with Gasteiger partial charge in [-0.15, -0.1) is 11.3 Å². The highest BCUT2D eigenvalue weighted by atomic mass is 79.9. The molecule has 0 fully saturated rings. The normalized spacial score (nSPS) is 10.2. The monoisotopic (exact) mass is 338 g/mol. The van der Waals surface area contributed by atoms with Gasteiger partial charge in [0.15, 0.2) is 0 Å². The summed E-state index contributed by atoms with van der Waals surface area (Å²) in [5, 5.41) is 2.79. The van der Waals surface area contributed by atoms with Crippen molar-refractivity contribution in [2.75, 3.05) is 0 Å². The van der Waals surface area contributed by atoms with Crippen molar-refractivity contribution < 1.29 is 9.59 Å². The van der Waals surface area contributed by atoms with E-state index in [9.17, 15) is 9.59 Å². The molecule has 3 N–H and O–H groups in total. The predicted octanol–water partition coefficient (Wildman–Crippen LogP) is 2.54. The smallest absolute Gasteiger partial charge is 0.261 e. The van der Waals surface area contributed by atoms with Crippen LogP contribution in [0.25, 0.3) is 0 Å². The van der Waals surface area contributed by atoms with E-state index in [1.54, 1.807) is 24.3 Å². The van der Waals surface area contributed by atoms with E-state index in [0.29, 0.717) is 17.0 Å². The van der Waals surface area contributed by atoms with E-state index in [1.807, 2.05) is 12.1 Å². The van der Waals surface area contributed by atoms with Crippen molar-refractivity contribution >= 4 is 39.1 Å². The highest BCUT2D eigenvalue weighted by Gasteiger charge is 2.08. The molecule has 1 aromatic carbocycles. The van der Waals surface area contributed by atoms with E-state index in [0.717, 1.165) is 9.35 Å². The van der Waals surface area contributed by atoms with Gasteiger partial charge in [0, 0.05) is 12.1 Å². The molecule has 1 aromatic heterocycles. The molecule has 0 aliphatic carbocycles. The number of thiophene rings is 1. The van der Waals surface area contributed by atoms with E-state index >= 15 is 0 Å². The maximum Gasteiger partial charge on any atom is 0.261 e. The summed E-state index contributed by atoms with van der Waals surface area (Å²) in [6, 6.07) is 10.5. The second kappa shape index (κ2) is 5.99. The molecule has 0 spiro atoms. The SMILES string of the molecule is NC(=O)c1cccc(CNC(=O)c2ccc(Br)s2)c1. The molecule has 2 amide bonds. The van der Waals surface area contributed by atoms with Crippen LogP contribution in [0.5, 0.6) is 0 Å². The van der Waals surface area contributed by atoms with Gasteiger partial charge in [0.2, 0.25) is 5.91 Å². The molecule has 0 atom stereocenters. The first kappa shape index (κ1) is 13.8. The molecule has 2 rings (SSSR count). The van der Waals surface area contributed by atoms with E-state index in [2.05, 4.69) is 21.2 Å². The summed E-state index contributed by atoms with van der Waals surface area (Å²) >= 11 is 4.68. The van der Waals surface area contributed by atoms with Gasteiger partial charge >= 0.3 is 0 Å². The van der Waals surface area contributed by atoms with Crippen LogP contribution in [-0.4, -0.2) is 11.8 Å². The van der Waals surface area contributed by atoms with Crippen LogP contribution in [0.15, 0.2) is 40.2 Å². The Labute approximate surface area is 122 Å². The molecule has 0 aliphatic heterocycles. The predicted molar refractivity (Wildman–Crippen MR) is 78.1 cm³/mol. The molecule has 98 valence electrons. The van der Waals surface area contributed by atoms with Gasteiger partial charge < -0.3 is 11.1 Å². The lowest BCUT2D eigenvalue weighted by Crippen LogP contribution is -2.22. The third-order valence-electron chi connectivity index (χ3n) is 2.46. The molecule has 1 heterocycles. The van der Waals surface area contributed by atoms with Crippen molar-refractivity contribution in [1.82, 2.24) is 5.32 Å². The van der Waals surface area contributed by atoms with Gasteiger partial charge in [-0.2, -0.15) is 0 Å². The fraction of sp³-hybridized carbons (Fsp3) is 0.0769. The number of nitrogens with two attached hydrogens (primary N) is 1. The minimum absolute atomic E-state index is 0.139. The fourth-order valence-corrected chi connectivity index (χ4v) is 2.84. The number of rotatable bonds is 4. The molecule has 0 radical (unpaired) electrons. The Bertz CT molecular complexity index is 625. The average molecular weight is 339 g/mol. The molecule has 0 aliphatic rings. The first-order chi connectivity index (χ1) is 9.06. The highest BCUT2D eigenvalue weighted by molar-refractivity contribution is 9.11. The zero-order chi connectivity index (χ0) is 13.8. The van der Waals surface area contributed by atoms with Crippen molar-refractivity contribution in [2.45, 2.75) is 6.54 Å². The summed E-state index contributed by atoms with van der Waals surface area (Å²) in [4.78, 5) is 23.5. The lowest BCUT2D eigenvalue weighted by atomic mass is 10.1. The van der Waals surface area contributed by atoms with Crippen molar-refractivity contribution in [2.24, 2.45) is 5.73 Å². The van der Waals surface area contributed by atoms with Crippen LogP contribution >= 0.6 is 27.3 Å². The van der Waals surface area contributed by atoms with E-state index in [4.69, 9.17) is 5.73 Å². The molecular weight excluding hydrogens is 328 g/mol. The van der Waals surface area contributed by atoms with Crippen LogP contribution in [-0.2, 0) is 6.54 Å². The molecule has 19 heavy (non-hydrogen) atoms. The van der Waals surface area contributed by atoms with Crippen LogP contribution in [0, 0.1) is 0 Å². The zero-order valence-electron chi connectivity index (χ0n) is 9.85. The Hall–Kier alpha value is -1.66. The minimum Gasteiger partial charge on any atom is -0.366 e. The maximum atomic E-state index is 11.8. The Balaban J connectivity index is 2.01. The summed E-state index contributed by atoms with van der Waals surface area (Å²) in [5.41, 5.74) is 6.47. The number of carbonyl (C=O) groups excluding carboxylic acids is 2. The Kier molecular flexibility index (Phi) is 4.34. The van der Waals surface area contributed by atoms with Gasteiger partial charge in [-0.25, -0.2) is 0 Å². The van der Waals surface area contributed by atoms with Crippen molar-refractivity contribution in [3.63, 3.8) is 0 Å². The summed E-state index contributed by atoms with van der Waals surface area (Å²) in [6.45, 7) is 0.357. The van der Waals surface area contributed by atoms with Crippen LogP contribution in [0.4, 0.5) is 0 Å². The summed E-state index contributed by atoms with van der Waals surface area (Å²) in [6.07, 6.45) is 0. The quantitative estimate of drug-likeness (QED) is 0.899. The first-order valence-electron chi connectivity index (χ1n) is 5.48. The number of hydrogen-bond acceptors (Lipinski definition) is 3. The van der Waals surface area contributed by atoms with E-state index < -0.39 is 5.91 Å². The third kappa shape index (κ3) is 3.65. The van der Waals surface area contributed by atoms with Gasteiger partial charge in [0.25, 0.3) is 5.91 Å². The van der Waals surface area contributed by atoms with E-state index in [1.165, 1.54) is 11.3 Å². The molecule has 0 bridgehead atoms. The lowest BCUT2D eigenvalue weighted by Gasteiger charge is -2.05. The van der Waals surface area contributed by atoms with Gasteiger partial charge in [0.1, 0.15) is 0 Å². The topological polar surface area (TPSA) is 72.2 Å². The van der Waals surface area contributed by atoms with Crippen LogP contribution in [0.3, 0.4) is 0 Å². The highest BCUT2D eigenvalue weighted by Crippen LogP contribution is 2.21. The fourth-order valence-electron chi connectivity index (χ4n) is 1.54. The molecule has 0 saturated carbocycles. The number of hydrogen-bond donors (Lipinski definition) is 2. The Morgan fingerprint density at radius 2 is 2.05 bits per heavy atom. The number of primary amides is 1. The van der Waals surface area contributed by atoms with Gasteiger partial charge in [-0.3, -0.25) is 9.59 Å². The zero-order valence-corrected chi connectivity index (χ0v) is 12.3. The van der Waals surface area contributed by atoms with Gasteiger partial charge in [0.05, 0.1) is 8.66 Å². The molecular formula is C13H11BrN2O2S. The lowest BCUT2D eigenvalue weighted by molar-refractivity contribution is 0.0954. The van der Waals surface area contributed by atoms with Crippen molar-refractivity contribution in [1.29, 1.82) is 0 Å². The Morgan fingerprint density at radius 3 is 2.68 bits per heavy atom. The summed E-state index contributed by atoms with van der Waals surface area (Å²) < 4.78 is 0.911. The van der Waals surface area contributed by atoms with Crippen LogP contribution in [0.1, 0.15) is 25.6 Å². The molecule has 0 saturated heterocycles. The average Bonchev–Trinajstić information content (AvgIpc) is 2.83. The number of carbonyl (C=O) groups is 2. The molecule has 4 nitrogen and oxygen atoms in total. The van der Waals surface area contributed by atoms with Crippen LogP contribution < -0.4 is 11.1 Å². The second-order valence-electron chi connectivity index (χ2n) is 3.85. The summed E-state index contributed by atoms with van der Waals surface area (Å²) in [5.74, 6) is -0.615. The molecule has 2 aromatic rings. The van der Waals surface area contributed by atoms with Crippen LogP contribution in [0.2, 0.25) is 0 Å². The second-order valence-corrected chi connectivity index (χ2v) is 6.31. The third-order valence-corrected chi connectivity index (χ3v) is 4.08. The standard InChI is InChI=1S/C13H11BrN2O2S/c14-11-5-4-10(19-11)13(18)16-7-8-2-1-3-9(6-8)12(15)17/h1-6H,7H2,(H2,15,17)(H,16,18). The van der Waals surface area contributed by atoms with Gasteiger partial charge in [-0.1, -0.05) is 12.1 Å². The van der Waals surface area contributed by atoms with Gasteiger partial charge in [-0.05, 0) is 45.8 Å². The van der Waals surface area contributed by atoms with E-state index in [-0.39, 0.29) is 5.91 Å². The Morgan fingerprint density at radius 1 is 1.26 bits per heavy atom. The van der Waals surface area contributed by atoms with Crippen molar-refractivity contribution in [3.05, 3.63) is 56.2 Å².